The summed E-state index contributed by atoms with van der Waals surface area (Å²) < 4.78 is 0. The first-order valence-electron chi connectivity index (χ1n) is 11.6. The van der Waals surface area contributed by atoms with Crippen LogP contribution >= 0.6 is 0 Å². The number of fused-ring (bicyclic) bond motifs is 6. The van der Waals surface area contributed by atoms with Crippen molar-refractivity contribution in [1.82, 2.24) is 0 Å². The topological polar surface area (TPSA) is 34.1 Å². The van der Waals surface area contributed by atoms with Crippen molar-refractivity contribution < 1.29 is 9.59 Å². The quantitative estimate of drug-likeness (QED) is 0.577. The van der Waals surface area contributed by atoms with Crippen molar-refractivity contribution in [1.29, 1.82) is 0 Å². The Balaban J connectivity index is 1.40. The Kier molecular flexibility index (Phi) is 2.46. The third kappa shape index (κ3) is 1.26. The molecule has 0 saturated heterocycles. The van der Waals surface area contributed by atoms with Gasteiger partial charge in [-0.05, 0) is 85.4 Å². The average Bonchev–Trinajstić information content (AvgIpc) is 2.97. The summed E-state index contributed by atoms with van der Waals surface area (Å²) >= 11 is 0. The van der Waals surface area contributed by atoms with Crippen molar-refractivity contribution in [3.8, 4) is 0 Å². The molecule has 27 heavy (non-hydrogen) atoms. The van der Waals surface area contributed by atoms with Crippen molar-refractivity contribution >= 4 is 11.6 Å². The van der Waals surface area contributed by atoms with E-state index in [2.05, 4.69) is 32.9 Å². The zero-order valence-corrected chi connectivity index (χ0v) is 17.0. The number of carbonyl (C=O) groups is 2. The fraction of sp³-hybridized carbons (Fsp3) is 0.840. The van der Waals surface area contributed by atoms with Crippen molar-refractivity contribution in [2.45, 2.75) is 65.7 Å². The van der Waals surface area contributed by atoms with Crippen molar-refractivity contribution in [2.24, 2.45) is 63.1 Å². The van der Waals surface area contributed by atoms with E-state index in [1.807, 2.05) is 0 Å². The standard InChI is InChI=1S/C25H32O2/c1-22(2)19-13-5-4-6-14(13)20-24(21(22)27)12-9-15-16-7-8-18(26)23(16,3)11-10-17(15)25(19,20)24/h4,6,13-17,19-20H,5,7-12H2,1-3H3/t13-,14+,15+,16+,17+,19?,20?,23+,24-,25+/m1/s1. The molecule has 6 saturated carbocycles. The summed E-state index contributed by atoms with van der Waals surface area (Å²) in [6.07, 6.45) is 12.7. The van der Waals surface area contributed by atoms with Gasteiger partial charge in [-0.1, -0.05) is 32.9 Å². The summed E-state index contributed by atoms with van der Waals surface area (Å²) in [6, 6.07) is 0. The number of carbonyl (C=O) groups excluding carboxylic acids is 2. The van der Waals surface area contributed by atoms with Gasteiger partial charge in [0.2, 0.25) is 0 Å². The average molecular weight is 365 g/mol. The highest BCUT2D eigenvalue weighted by Crippen LogP contribution is 2.96. The van der Waals surface area contributed by atoms with E-state index in [9.17, 15) is 9.59 Å². The summed E-state index contributed by atoms with van der Waals surface area (Å²) in [4.78, 5) is 26.6. The van der Waals surface area contributed by atoms with Gasteiger partial charge in [-0.2, -0.15) is 0 Å². The molecule has 0 N–H and O–H groups in total. The van der Waals surface area contributed by atoms with Crippen LogP contribution in [-0.4, -0.2) is 11.6 Å². The van der Waals surface area contributed by atoms with Crippen LogP contribution in [0.25, 0.3) is 0 Å². The Bertz CT molecular complexity index is 837. The van der Waals surface area contributed by atoms with E-state index in [0.717, 1.165) is 37.5 Å². The second-order valence-electron chi connectivity index (χ2n) is 12.1. The van der Waals surface area contributed by atoms with E-state index >= 15 is 0 Å². The Hall–Kier alpha value is -0.920. The first-order chi connectivity index (χ1) is 12.8. The molecule has 0 aromatic rings. The number of Topliss-reactive ketones (excluding diaryl/α,β-unsaturated/α-hetero) is 2. The number of allylic oxidation sites excluding steroid dienone is 2. The van der Waals surface area contributed by atoms with Gasteiger partial charge in [0.25, 0.3) is 0 Å². The summed E-state index contributed by atoms with van der Waals surface area (Å²) in [6.45, 7) is 6.87. The van der Waals surface area contributed by atoms with E-state index in [-0.39, 0.29) is 16.2 Å². The summed E-state index contributed by atoms with van der Waals surface area (Å²) in [5.41, 5.74) is 0.154. The molecule has 2 heteroatoms. The highest BCUT2D eigenvalue weighted by molar-refractivity contribution is 5.99. The Morgan fingerprint density at radius 2 is 1.74 bits per heavy atom. The number of ketones is 2. The molecular weight excluding hydrogens is 332 g/mol. The SMILES string of the molecule is CC1(C)C(=O)[C@]23CC[C@@H]4[C@H](CC[C@]5(C)C(=O)CC[C@@H]45)[C@@]24C1[C@@H]1CC=C[C@@H]1C43. The lowest BCUT2D eigenvalue weighted by Gasteiger charge is -2.53. The highest BCUT2D eigenvalue weighted by Gasteiger charge is 2.97. The van der Waals surface area contributed by atoms with Gasteiger partial charge in [-0.15, -0.1) is 0 Å². The van der Waals surface area contributed by atoms with Gasteiger partial charge >= 0.3 is 0 Å². The zero-order chi connectivity index (χ0) is 18.6. The van der Waals surface area contributed by atoms with Crippen LogP contribution in [0.5, 0.6) is 0 Å². The summed E-state index contributed by atoms with van der Waals surface area (Å²) in [5, 5.41) is 0. The Labute approximate surface area is 162 Å². The molecule has 1 spiro atoms. The molecule has 2 unspecified atom stereocenters. The summed E-state index contributed by atoms with van der Waals surface area (Å²) in [5.74, 6) is 5.86. The maximum absolute atomic E-state index is 13.9. The van der Waals surface area contributed by atoms with Crippen LogP contribution in [0, 0.1) is 63.1 Å². The minimum atomic E-state index is -0.136. The van der Waals surface area contributed by atoms with Crippen LogP contribution in [-0.2, 0) is 9.59 Å². The van der Waals surface area contributed by atoms with E-state index in [1.165, 1.54) is 19.3 Å². The van der Waals surface area contributed by atoms with E-state index in [0.29, 0.717) is 46.6 Å². The predicted octanol–water partition coefficient (Wildman–Crippen LogP) is 4.83. The highest BCUT2D eigenvalue weighted by atomic mass is 16.1. The van der Waals surface area contributed by atoms with Crippen LogP contribution in [0.1, 0.15) is 65.7 Å². The minimum Gasteiger partial charge on any atom is -0.299 e. The Morgan fingerprint density at radius 3 is 2.56 bits per heavy atom. The molecule has 0 heterocycles. The summed E-state index contributed by atoms with van der Waals surface area (Å²) in [7, 11) is 0. The molecule has 0 bridgehead atoms. The third-order valence-corrected chi connectivity index (χ3v) is 11.7. The van der Waals surface area contributed by atoms with Gasteiger partial charge in [0, 0.05) is 22.7 Å². The largest absolute Gasteiger partial charge is 0.299 e. The smallest absolute Gasteiger partial charge is 0.145 e. The second kappa shape index (κ2) is 4.17. The lowest BCUT2D eigenvalue weighted by atomic mass is 9.50. The molecule has 0 radical (unpaired) electrons. The van der Waals surface area contributed by atoms with Crippen molar-refractivity contribution in [2.75, 3.05) is 0 Å². The van der Waals surface area contributed by atoms with Crippen LogP contribution < -0.4 is 0 Å². The van der Waals surface area contributed by atoms with Gasteiger partial charge in [0.1, 0.15) is 11.6 Å². The maximum atomic E-state index is 13.9. The molecule has 0 aromatic carbocycles. The van der Waals surface area contributed by atoms with Gasteiger partial charge in [-0.25, -0.2) is 0 Å². The van der Waals surface area contributed by atoms with E-state index in [4.69, 9.17) is 0 Å². The van der Waals surface area contributed by atoms with Gasteiger partial charge < -0.3 is 0 Å². The first kappa shape index (κ1) is 15.9. The number of hydrogen-bond acceptors (Lipinski definition) is 2. The number of rotatable bonds is 0. The van der Waals surface area contributed by atoms with Gasteiger partial charge in [0.15, 0.2) is 0 Å². The molecular formula is C25H32O2. The number of hydrogen-bond donors (Lipinski definition) is 0. The van der Waals surface area contributed by atoms with Gasteiger partial charge in [-0.3, -0.25) is 9.59 Å². The molecule has 6 fully saturated rings. The molecule has 7 aliphatic carbocycles. The lowest BCUT2D eigenvalue weighted by Crippen LogP contribution is -2.49. The van der Waals surface area contributed by atoms with E-state index < -0.39 is 0 Å². The van der Waals surface area contributed by atoms with Crippen LogP contribution in [0.2, 0.25) is 0 Å². The van der Waals surface area contributed by atoms with Crippen LogP contribution in [0.3, 0.4) is 0 Å². The molecule has 0 aliphatic heterocycles. The lowest BCUT2D eigenvalue weighted by molar-refractivity contribution is -0.135. The first-order valence-corrected chi connectivity index (χ1v) is 11.6. The normalized spacial score (nSPS) is 63.4. The monoisotopic (exact) mass is 364 g/mol. The fourth-order valence-corrected chi connectivity index (χ4v) is 11.4. The Morgan fingerprint density at radius 1 is 0.926 bits per heavy atom. The second-order valence-corrected chi connectivity index (χ2v) is 12.1. The molecule has 7 aliphatic rings. The van der Waals surface area contributed by atoms with Crippen LogP contribution in [0.4, 0.5) is 0 Å². The molecule has 7 rings (SSSR count). The van der Waals surface area contributed by atoms with Crippen molar-refractivity contribution in [3.63, 3.8) is 0 Å². The fourth-order valence-electron chi connectivity index (χ4n) is 11.4. The third-order valence-electron chi connectivity index (χ3n) is 11.7. The maximum Gasteiger partial charge on any atom is 0.145 e. The van der Waals surface area contributed by atoms with Crippen LogP contribution in [0.15, 0.2) is 12.2 Å². The van der Waals surface area contributed by atoms with Crippen molar-refractivity contribution in [3.05, 3.63) is 12.2 Å². The van der Waals surface area contributed by atoms with Gasteiger partial charge in [0.05, 0.1) is 0 Å². The zero-order valence-electron chi connectivity index (χ0n) is 17.0. The predicted molar refractivity (Wildman–Crippen MR) is 103 cm³/mol. The molecule has 144 valence electrons. The molecule has 0 amide bonds. The molecule has 10 atom stereocenters. The van der Waals surface area contributed by atoms with E-state index in [1.54, 1.807) is 0 Å². The molecule has 0 aromatic heterocycles. The minimum absolute atomic E-state index is 0.0224. The molecule has 2 nitrogen and oxygen atoms in total.